The lowest BCUT2D eigenvalue weighted by Crippen LogP contribution is -2.56. The summed E-state index contributed by atoms with van der Waals surface area (Å²) in [6.45, 7) is 5.11. The van der Waals surface area contributed by atoms with Crippen molar-refractivity contribution in [1.29, 1.82) is 0 Å². The fourth-order valence-electron chi connectivity index (χ4n) is 13.3. The van der Waals surface area contributed by atoms with Crippen LogP contribution in [0.25, 0.3) is 11.1 Å². The number of amides is 6. The monoisotopic (exact) mass is 1230 g/mol. The van der Waals surface area contributed by atoms with E-state index in [1.807, 2.05) is 67.6 Å². The fourth-order valence-corrected chi connectivity index (χ4v) is 13.3. The number of carbonyl (C=O) groups excluding carboxylic acids is 8. The van der Waals surface area contributed by atoms with Gasteiger partial charge >= 0.3 is 0 Å². The van der Waals surface area contributed by atoms with Gasteiger partial charge in [-0.1, -0.05) is 163 Å². The molecule has 4 aromatic carbocycles. The molecule has 0 radical (unpaired) electrons. The Balaban J connectivity index is 0.887. The minimum Gasteiger partial charge on any atom is -0.344 e. The van der Waals surface area contributed by atoms with Crippen LogP contribution in [0.3, 0.4) is 0 Å². The average molecular weight is 1230 g/mol. The number of benzene rings is 4. The van der Waals surface area contributed by atoms with Crippen molar-refractivity contribution in [3.05, 3.63) is 131 Å². The molecule has 6 amide bonds. The van der Waals surface area contributed by atoms with Crippen molar-refractivity contribution in [2.45, 2.75) is 173 Å². The fraction of sp³-hybridized carbons (Fsp3) is 0.549. The standard InChI is InChI=1S/C71H90F4N6O8/c1-5-49(4)66(86)77-65(56-24-16-9-17-25-56)69(89)81-47-71(74,75)42-59(81)44-78(38-36-50-18-10-6-11-19-50)63(84)35-34-61(82)55-30-26-52(27-31-55)53-28-32-57(33-29-53)67(87)76-43-64(85)79(39-37-51-20-12-7-13-21-51)45-58-41-70(72,73)46-80(58)68(88)60(40-62(83)48(2)3)54-22-14-8-15-23-54/h6-7,10-13,18-21,26-33,48-49,54,56,58-60,65H,5,8-9,14-17,22-25,34-47H2,1-4H3,(H,76,87)(H,77,86)/t49-,58+,59+,60+,65+/m1/s1. The molecule has 89 heavy (non-hydrogen) atoms. The number of carbonyl (C=O) groups is 8. The van der Waals surface area contributed by atoms with Gasteiger partial charge in [-0.15, -0.1) is 0 Å². The number of likely N-dealkylation sites (tertiary alicyclic amines) is 2. The quantitative estimate of drug-likeness (QED) is 0.0417. The number of hydrogen-bond acceptors (Lipinski definition) is 8. The molecule has 4 aromatic rings. The molecule has 0 unspecified atom stereocenters. The number of nitrogens with zero attached hydrogens (tertiary/aromatic N) is 4. The molecule has 2 aliphatic heterocycles. The summed E-state index contributed by atoms with van der Waals surface area (Å²) in [5.74, 6) is -11.3. The largest absolute Gasteiger partial charge is 0.344 e. The number of nitrogens with one attached hydrogen (secondary N) is 2. The highest BCUT2D eigenvalue weighted by Crippen LogP contribution is 2.40. The molecule has 2 heterocycles. The Hall–Kier alpha value is -7.24. The van der Waals surface area contributed by atoms with E-state index in [9.17, 15) is 38.4 Å². The van der Waals surface area contributed by atoms with E-state index in [0.29, 0.717) is 43.2 Å². The first-order valence-electron chi connectivity index (χ1n) is 32.4. The zero-order chi connectivity index (χ0) is 63.8. The molecule has 14 nitrogen and oxygen atoms in total. The Labute approximate surface area is 522 Å². The number of halogens is 4. The average Bonchev–Trinajstić information content (AvgIpc) is 2.20. The van der Waals surface area contributed by atoms with E-state index >= 15 is 17.6 Å². The van der Waals surface area contributed by atoms with Gasteiger partial charge in [0.15, 0.2) is 5.78 Å². The molecular formula is C71H90F4N6O8. The van der Waals surface area contributed by atoms with Gasteiger partial charge in [-0.3, -0.25) is 38.4 Å². The van der Waals surface area contributed by atoms with Crippen LogP contribution in [0.4, 0.5) is 17.6 Å². The summed E-state index contributed by atoms with van der Waals surface area (Å²) in [6.07, 6.45) is 8.17. The number of Topliss-reactive ketones (excluding diaryl/α,β-unsaturated/α-hetero) is 2. The van der Waals surface area contributed by atoms with E-state index in [0.717, 1.165) is 68.1 Å². The number of hydrogen-bond donors (Lipinski definition) is 2. The van der Waals surface area contributed by atoms with Crippen LogP contribution in [0.15, 0.2) is 109 Å². The summed E-state index contributed by atoms with van der Waals surface area (Å²) in [4.78, 5) is 116. The van der Waals surface area contributed by atoms with Crippen LogP contribution in [-0.2, 0) is 41.6 Å². The third-order valence-electron chi connectivity index (χ3n) is 18.9. The van der Waals surface area contributed by atoms with E-state index < -0.39 is 97.9 Å². The molecule has 0 aromatic heterocycles. The molecule has 480 valence electrons. The van der Waals surface area contributed by atoms with E-state index in [4.69, 9.17) is 0 Å². The first-order chi connectivity index (χ1) is 42.6. The number of alkyl halides is 4. The zero-order valence-corrected chi connectivity index (χ0v) is 52.3. The summed E-state index contributed by atoms with van der Waals surface area (Å²) < 4.78 is 61.9. The lowest BCUT2D eigenvalue weighted by molar-refractivity contribution is -0.144. The minimum atomic E-state index is -3.21. The van der Waals surface area contributed by atoms with Crippen LogP contribution < -0.4 is 10.6 Å². The summed E-state index contributed by atoms with van der Waals surface area (Å²) >= 11 is 0. The van der Waals surface area contributed by atoms with Crippen LogP contribution in [0.1, 0.15) is 162 Å². The molecule has 4 aliphatic rings. The Bertz CT molecular complexity index is 3040. The highest BCUT2D eigenvalue weighted by molar-refractivity contribution is 5.99. The van der Waals surface area contributed by atoms with Gasteiger partial charge in [0.05, 0.1) is 31.7 Å². The predicted molar refractivity (Wildman–Crippen MR) is 334 cm³/mol. The third kappa shape index (κ3) is 18.9. The Kier molecular flexibility index (Phi) is 23.9. The lowest BCUT2D eigenvalue weighted by Gasteiger charge is -2.36. The zero-order valence-electron chi connectivity index (χ0n) is 52.3. The molecule has 18 heteroatoms. The highest BCUT2D eigenvalue weighted by atomic mass is 19.3. The molecule has 2 aliphatic carbocycles. The normalized spacial score (nSPS) is 19.5. The minimum absolute atomic E-state index is 0.00868. The van der Waals surface area contributed by atoms with Gasteiger partial charge in [0.25, 0.3) is 17.8 Å². The highest BCUT2D eigenvalue weighted by Gasteiger charge is 2.52. The van der Waals surface area contributed by atoms with Crippen molar-refractivity contribution < 1.29 is 55.9 Å². The molecule has 2 saturated heterocycles. The second-order valence-electron chi connectivity index (χ2n) is 25.8. The Morgan fingerprint density at radius 3 is 1.54 bits per heavy atom. The third-order valence-corrected chi connectivity index (χ3v) is 18.9. The Morgan fingerprint density at radius 2 is 1.04 bits per heavy atom. The lowest BCUT2D eigenvalue weighted by atomic mass is 9.76. The molecular weight excluding hydrogens is 1140 g/mol. The van der Waals surface area contributed by atoms with Gasteiger partial charge in [-0.2, -0.15) is 0 Å². The van der Waals surface area contributed by atoms with Gasteiger partial charge in [0.1, 0.15) is 11.8 Å². The molecule has 4 fully saturated rings. The number of ketones is 2. The van der Waals surface area contributed by atoms with Crippen molar-refractivity contribution in [1.82, 2.24) is 30.2 Å². The van der Waals surface area contributed by atoms with Crippen molar-refractivity contribution in [3.63, 3.8) is 0 Å². The van der Waals surface area contributed by atoms with Crippen LogP contribution in [0.2, 0.25) is 0 Å². The molecule has 0 bridgehead atoms. The van der Waals surface area contributed by atoms with E-state index in [2.05, 4.69) is 10.6 Å². The first-order valence-corrected chi connectivity index (χ1v) is 32.4. The summed E-state index contributed by atoms with van der Waals surface area (Å²) in [5, 5.41) is 5.65. The van der Waals surface area contributed by atoms with E-state index in [1.165, 1.54) is 19.6 Å². The number of rotatable bonds is 28. The maximum atomic E-state index is 15.5. The second kappa shape index (κ2) is 31.5. The smallest absolute Gasteiger partial charge is 0.267 e. The molecule has 2 N–H and O–H groups in total. The summed E-state index contributed by atoms with van der Waals surface area (Å²) in [7, 11) is 0. The molecule has 2 saturated carbocycles. The van der Waals surface area contributed by atoms with Crippen molar-refractivity contribution in [3.8, 4) is 11.1 Å². The van der Waals surface area contributed by atoms with Crippen LogP contribution in [0, 0.1) is 29.6 Å². The van der Waals surface area contributed by atoms with Crippen molar-refractivity contribution in [2.75, 3.05) is 45.8 Å². The summed E-state index contributed by atoms with van der Waals surface area (Å²) in [6, 6.07) is 29.2. The van der Waals surface area contributed by atoms with Gasteiger partial charge in [0, 0.05) is 87.2 Å². The molecule has 0 spiro atoms. The maximum absolute atomic E-state index is 15.5. The van der Waals surface area contributed by atoms with Gasteiger partial charge in [0.2, 0.25) is 29.5 Å². The van der Waals surface area contributed by atoms with E-state index in [-0.39, 0.29) is 92.2 Å². The topological polar surface area (TPSA) is 174 Å². The van der Waals surface area contributed by atoms with Gasteiger partial charge < -0.3 is 30.2 Å². The van der Waals surface area contributed by atoms with Gasteiger partial charge in [-0.25, -0.2) is 17.6 Å². The summed E-state index contributed by atoms with van der Waals surface area (Å²) in [5.41, 5.74) is 3.87. The molecule has 5 atom stereocenters. The second-order valence-corrected chi connectivity index (χ2v) is 25.8. The van der Waals surface area contributed by atoms with E-state index in [1.54, 1.807) is 69.3 Å². The van der Waals surface area contributed by atoms with Gasteiger partial charge in [-0.05, 0) is 91.2 Å². The van der Waals surface area contributed by atoms with Crippen LogP contribution >= 0.6 is 0 Å². The maximum Gasteiger partial charge on any atom is 0.267 e. The first kappa shape index (κ1) is 67.7. The Morgan fingerprint density at radius 1 is 0.573 bits per heavy atom. The SMILES string of the molecule is CC[C@@H](C)C(=O)N[C@H](C(=O)N1CC(F)(F)C[C@H]1CN(CCc1ccccc1)C(=O)CCC(=O)c1ccc(-c2ccc(C(=O)NCC(=O)N(CCc3ccccc3)C[C@@H]3CC(F)(F)CN3C(=O)[C@@H](CC(=O)C(C)C)C3CCCCC3)cc2)cc1)C1CCCCC1. The van der Waals surface area contributed by atoms with Crippen LogP contribution in [0.5, 0.6) is 0 Å². The predicted octanol–water partition coefficient (Wildman–Crippen LogP) is 11.6. The van der Waals surface area contributed by atoms with Crippen molar-refractivity contribution in [2.24, 2.45) is 29.6 Å². The van der Waals surface area contributed by atoms with Crippen molar-refractivity contribution >= 4 is 47.0 Å². The molecule has 8 rings (SSSR count). The van der Waals surface area contributed by atoms with Crippen LogP contribution in [-0.4, -0.2) is 142 Å².